The lowest BCUT2D eigenvalue weighted by Crippen LogP contribution is -2.40. The predicted molar refractivity (Wildman–Crippen MR) is 98.0 cm³/mol. The van der Waals surface area contributed by atoms with Crippen LogP contribution in [0.3, 0.4) is 0 Å². The number of aromatic nitrogens is 1. The van der Waals surface area contributed by atoms with Gasteiger partial charge in [-0.2, -0.15) is 0 Å². The van der Waals surface area contributed by atoms with Gasteiger partial charge in [-0.05, 0) is 31.2 Å². The van der Waals surface area contributed by atoms with Gasteiger partial charge in [0.25, 0.3) is 11.8 Å². The van der Waals surface area contributed by atoms with Gasteiger partial charge in [0, 0.05) is 0 Å². The van der Waals surface area contributed by atoms with Crippen molar-refractivity contribution < 1.29 is 14.4 Å². The number of imide groups is 1. The number of carbonyl (C=O) groups excluding carboxylic acids is 3. The minimum absolute atomic E-state index is 0.264. The number of thiazole rings is 1. The van der Waals surface area contributed by atoms with Gasteiger partial charge in [0.05, 0.1) is 27.9 Å². The SMILES string of the molecule is Cc1ccc2c(c1)C(=O)N(CC(=O)NCc1nc3ccccc3s1)C2=O. The summed E-state index contributed by atoms with van der Waals surface area (Å²) in [5.41, 5.74) is 2.48. The second-order valence-electron chi connectivity index (χ2n) is 6.10. The summed E-state index contributed by atoms with van der Waals surface area (Å²) in [6.45, 7) is 1.82. The molecule has 0 saturated carbocycles. The second kappa shape index (κ2) is 6.34. The lowest BCUT2D eigenvalue weighted by Gasteiger charge is -2.13. The molecule has 0 unspecified atom stereocenters. The Balaban J connectivity index is 1.42. The Labute approximate surface area is 153 Å². The van der Waals surface area contributed by atoms with E-state index in [0.29, 0.717) is 11.1 Å². The zero-order valence-electron chi connectivity index (χ0n) is 14.0. The van der Waals surface area contributed by atoms with Crippen molar-refractivity contribution in [2.24, 2.45) is 0 Å². The van der Waals surface area contributed by atoms with Gasteiger partial charge in [-0.3, -0.25) is 19.3 Å². The van der Waals surface area contributed by atoms with Crippen LogP contribution >= 0.6 is 11.3 Å². The molecule has 2 aromatic carbocycles. The molecule has 0 saturated heterocycles. The van der Waals surface area contributed by atoms with E-state index in [-0.39, 0.29) is 13.1 Å². The molecule has 1 aromatic heterocycles. The lowest BCUT2D eigenvalue weighted by molar-refractivity contribution is -0.121. The largest absolute Gasteiger partial charge is 0.348 e. The van der Waals surface area contributed by atoms with Crippen LogP contribution in [0.5, 0.6) is 0 Å². The normalized spacial score (nSPS) is 13.3. The fourth-order valence-electron chi connectivity index (χ4n) is 2.92. The first-order chi connectivity index (χ1) is 12.5. The maximum absolute atomic E-state index is 12.4. The number of aryl methyl sites for hydroxylation is 1. The Morgan fingerprint density at radius 1 is 1.12 bits per heavy atom. The summed E-state index contributed by atoms with van der Waals surface area (Å²) in [7, 11) is 0. The summed E-state index contributed by atoms with van der Waals surface area (Å²) in [5, 5.41) is 3.50. The number of amides is 3. The van der Waals surface area contributed by atoms with Crippen molar-refractivity contribution in [1.82, 2.24) is 15.2 Å². The molecule has 6 nitrogen and oxygen atoms in total. The fraction of sp³-hybridized carbons (Fsp3) is 0.158. The Hall–Kier alpha value is -3.06. The molecule has 3 aromatic rings. The number of fused-ring (bicyclic) bond motifs is 2. The number of hydrogen-bond acceptors (Lipinski definition) is 5. The first kappa shape index (κ1) is 16.4. The van der Waals surface area contributed by atoms with Crippen LogP contribution in [-0.2, 0) is 11.3 Å². The molecular formula is C19H15N3O3S. The molecule has 4 rings (SSSR count). The van der Waals surface area contributed by atoms with Crippen LogP contribution in [0.4, 0.5) is 0 Å². The van der Waals surface area contributed by atoms with E-state index in [4.69, 9.17) is 0 Å². The van der Waals surface area contributed by atoms with Gasteiger partial charge in [0.15, 0.2) is 0 Å². The van der Waals surface area contributed by atoms with E-state index in [9.17, 15) is 14.4 Å². The third-order valence-electron chi connectivity index (χ3n) is 4.20. The van der Waals surface area contributed by atoms with Crippen LogP contribution in [0.25, 0.3) is 10.2 Å². The molecule has 0 spiro atoms. The van der Waals surface area contributed by atoms with Crippen LogP contribution in [0, 0.1) is 6.92 Å². The Kier molecular flexibility index (Phi) is 4.00. The van der Waals surface area contributed by atoms with Gasteiger partial charge >= 0.3 is 0 Å². The van der Waals surface area contributed by atoms with Gasteiger partial charge in [-0.15, -0.1) is 11.3 Å². The number of benzene rings is 2. The third-order valence-corrected chi connectivity index (χ3v) is 5.24. The van der Waals surface area contributed by atoms with E-state index in [1.54, 1.807) is 18.2 Å². The predicted octanol–water partition coefficient (Wildman–Crippen LogP) is 2.52. The second-order valence-corrected chi connectivity index (χ2v) is 7.21. The number of para-hydroxylation sites is 1. The van der Waals surface area contributed by atoms with Crippen molar-refractivity contribution >= 4 is 39.3 Å². The smallest absolute Gasteiger partial charge is 0.262 e. The Bertz CT molecular complexity index is 1020. The highest BCUT2D eigenvalue weighted by Gasteiger charge is 2.36. The lowest BCUT2D eigenvalue weighted by atomic mass is 10.1. The molecule has 0 radical (unpaired) electrons. The minimum atomic E-state index is -0.430. The zero-order valence-corrected chi connectivity index (χ0v) is 14.8. The molecule has 0 fully saturated rings. The first-order valence-corrected chi connectivity index (χ1v) is 8.92. The van der Waals surface area contributed by atoms with Crippen LogP contribution in [-0.4, -0.2) is 34.2 Å². The molecule has 2 heterocycles. The Morgan fingerprint density at radius 3 is 2.69 bits per heavy atom. The van der Waals surface area contributed by atoms with Crippen molar-refractivity contribution in [1.29, 1.82) is 0 Å². The maximum atomic E-state index is 12.4. The first-order valence-electron chi connectivity index (χ1n) is 8.11. The van der Waals surface area contributed by atoms with Crippen molar-refractivity contribution in [2.75, 3.05) is 6.54 Å². The average Bonchev–Trinajstić information content (AvgIpc) is 3.14. The van der Waals surface area contributed by atoms with E-state index in [1.807, 2.05) is 31.2 Å². The fourth-order valence-corrected chi connectivity index (χ4v) is 3.82. The molecule has 1 aliphatic heterocycles. The maximum Gasteiger partial charge on any atom is 0.262 e. The minimum Gasteiger partial charge on any atom is -0.348 e. The van der Waals surface area contributed by atoms with E-state index < -0.39 is 17.7 Å². The van der Waals surface area contributed by atoms with Crippen LogP contribution in [0.1, 0.15) is 31.3 Å². The summed E-state index contributed by atoms with van der Waals surface area (Å²) in [5.74, 6) is -1.25. The van der Waals surface area contributed by atoms with Crippen LogP contribution in [0.15, 0.2) is 42.5 Å². The van der Waals surface area contributed by atoms with Gasteiger partial charge in [0.2, 0.25) is 5.91 Å². The highest BCUT2D eigenvalue weighted by Crippen LogP contribution is 2.24. The number of nitrogens with one attached hydrogen (secondary N) is 1. The van der Waals surface area contributed by atoms with Crippen molar-refractivity contribution in [3.63, 3.8) is 0 Å². The highest BCUT2D eigenvalue weighted by atomic mass is 32.1. The summed E-state index contributed by atoms with van der Waals surface area (Å²) in [6, 6.07) is 12.8. The number of rotatable bonds is 4. The molecule has 0 aliphatic carbocycles. The molecule has 26 heavy (non-hydrogen) atoms. The van der Waals surface area contributed by atoms with Crippen molar-refractivity contribution in [2.45, 2.75) is 13.5 Å². The van der Waals surface area contributed by atoms with Crippen LogP contribution < -0.4 is 5.32 Å². The third kappa shape index (κ3) is 2.86. The average molecular weight is 365 g/mol. The topological polar surface area (TPSA) is 79.4 Å². The number of nitrogens with zero attached hydrogens (tertiary/aromatic N) is 2. The van der Waals surface area contributed by atoms with E-state index in [0.717, 1.165) is 25.7 Å². The molecule has 7 heteroatoms. The molecule has 1 N–H and O–H groups in total. The molecular weight excluding hydrogens is 350 g/mol. The summed E-state index contributed by atoms with van der Waals surface area (Å²) in [4.78, 5) is 42.4. The number of carbonyl (C=O) groups is 3. The molecule has 3 amide bonds. The van der Waals surface area contributed by atoms with E-state index in [2.05, 4.69) is 10.3 Å². The monoisotopic (exact) mass is 365 g/mol. The zero-order chi connectivity index (χ0) is 18.3. The van der Waals surface area contributed by atoms with Crippen LogP contribution in [0.2, 0.25) is 0 Å². The van der Waals surface area contributed by atoms with E-state index in [1.165, 1.54) is 11.3 Å². The van der Waals surface area contributed by atoms with Gasteiger partial charge < -0.3 is 5.32 Å². The molecule has 1 aliphatic rings. The van der Waals surface area contributed by atoms with Gasteiger partial charge in [-0.1, -0.05) is 23.8 Å². The quantitative estimate of drug-likeness (QED) is 0.721. The van der Waals surface area contributed by atoms with E-state index >= 15 is 0 Å². The van der Waals surface area contributed by atoms with Crippen molar-refractivity contribution in [3.05, 3.63) is 64.2 Å². The van der Waals surface area contributed by atoms with Crippen molar-refractivity contribution in [3.8, 4) is 0 Å². The van der Waals surface area contributed by atoms with Gasteiger partial charge in [-0.25, -0.2) is 4.98 Å². The highest BCUT2D eigenvalue weighted by molar-refractivity contribution is 7.18. The Morgan fingerprint density at radius 2 is 1.88 bits per heavy atom. The number of hydrogen-bond donors (Lipinski definition) is 1. The summed E-state index contributed by atoms with van der Waals surface area (Å²) >= 11 is 1.50. The summed E-state index contributed by atoms with van der Waals surface area (Å²) in [6.07, 6.45) is 0. The molecule has 0 atom stereocenters. The van der Waals surface area contributed by atoms with Gasteiger partial charge in [0.1, 0.15) is 11.6 Å². The standard InChI is InChI=1S/C19H15N3O3S/c1-11-6-7-12-13(8-11)19(25)22(18(12)24)10-16(23)20-9-17-21-14-4-2-3-5-15(14)26-17/h2-8H,9-10H2,1H3,(H,20,23). The molecule has 130 valence electrons. The molecule has 0 bridgehead atoms. The summed E-state index contributed by atoms with van der Waals surface area (Å²) < 4.78 is 1.05.